The van der Waals surface area contributed by atoms with Gasteiger partial charge in [-0.25, -0.2) is 0 Å². The Morgan fingerprint density at radius 3 is 1.34 bits per heavy atom. The summed E-state index contributed by atoms with van der Waals surface area (Å²) in [5, 5.41) is 0. The Bertz CT molecular complexity index is 916. The number of benzene rings is 2. The van der Waals surface area contributed by atoms with Crippen LogP contribution in [0.1, 0.15) is 60.8 Å². The molecule has 38 heavy (non-hydrogen) atoms. The van der Waals surface area contributed by atoms with Crippen molar-refractivity contribution in [1.82, 2.24) is 9.80 Å². The van der Waals surface area contributed by atoms with Crippen LogP contribution in [0, 0.1) is 13.8 Å². The quantitative estimate of drug-likeness (QED) is 0.314. The molecular formula is C30H44Cl2N2O4. The number of carbonyl (C=O) groups is 2. The number of aryl methyl sites for hydroxylation is 2. The number of rotatable bonds is 12. The highest BCUT2D eigenvalue weighted by Crippen LogP contribution is 2.25. The molecule has 2 aromatic carbocycles. The van der Waals surface area contributed by atoms with E-state index in [2.05, 4.69) is 9.80 Å². The van der Waals surface area contributed by atoms with Crippen LogP contribution in [-0.4, -0.2) is 74.2 Å². The van der Waals surface area contributed by atoms with Gasteiger partial charge in [-0.05, 0) is 48.9 Å². The lowest BCUT2D eigenvalue weighted by molar-refractivity contribution is -0.147. The van der Waals surface area contributed by atoms with E-state index < -0.39 is 0 Å². The second-order valence-electron chi connectivity index (χ2n) is 9.65. The normalized spacial score (nSPS) is 15.5. The Balaban J connectivity index is 0.00000361. The van der Waals surface area contributed by atoms with Crippen molar-refractivity contribution in [2.24, 2.45) is 0 Å². The minimum absolute atomic E-state index is 0. The molecule has 1 aliphatic heterocycles. The molecule has 1 saturated heterocycles. The summed E-state index contributed by atoms with van der Waals surface area (Å²) in [6.07, 6.45) is 1.47. The molecule has 212 valence electrons. The van der Waals surface area contributed by atoms with E-state index in [0.717, 1.165) is 74.4 Å². The van der Waals surface area contributed by atoms with Crippen molar-refractivity contribution < 1.29 is 19.1 Å². The highest BCUT2D eigenvalue weighted by atomic mass is 35.5. The van der Waals surface area contributed by atoms with E-state index in [1.165, 1.54) is 0 Å². The Kier molecular flexibility index (Phi) is 15.6. The van der Waals surface area contributed by atoms with E-state index in [0.29, 0.717) is 13.2 Å². The maximum Gasteiger partial charge on any atom is 0.313 e. The SMILES string of the molecule is CCC(C(=O)OCCN1CCN(CCOC(=O)C(CC)c2ccccc2C)CC1)c1ccccc1C.Cl.Cl. The molecule has 0 aliphatic carbocycles. The Morgan fingerprint density at radius 2 is 1.03 bits per heavy atom. The lowest BCUT2D eigenvalue weighted by Crippen LogP contribution is -2.48. The van der Waals surface area contributed by atoms with Crippen molar-refractivity contribution in [3.8, 4) is 0 Å². The molecule has 3 rings (SSSR count). The zero-order chi connectivity index (χ0) is 25.9. The number of hydrogen-bond donors (Lipinski definition) is 0. The highest BCUT2D eigenvalue weighted by Gasteiger charge is 2.24. The van der Waals surface area contributed by atoms with Gasteiger partial charge in [0.25, 0.3) is 0 Å². The number of carbonyl (C=O) groups excluding carboxylic acids is 2. The number of nitrogens with zero attached hydrogens (tertiary/aromatic N) is 2. The molecule has 2 unspecified atom stereocenters. The minimum atomic E-state index is -0.205. The second-order valence-corrected chi connectivity index (χ2v) is 9.65. The van der Waals surface area contributed by atoms with E-state index >= 15 is 0 Å². The summed E-state index contributed by atoms with van der Waals surface area (Å²) in [4.78, 5) is 30.0. The molecule has 1 fully saturated rings. The first-order valence-corrected chi connectivity index (χ1v) is 13.3. The molecule has 0 N–H and O–H groups in total. The van der Waals surface area contributed by atoms with Crippen LogP contribution in [0.4, 0.5) is 0 Å². The molecular weight excluding hydrogens is 523 g/mol. The van der Waals surface area contributed by atoms with Crippen LogP contribution in [0.2, 0.25) is 0 Å². The van der Waals surface area contributed by atoms with Crippen LogP contribution < -0.4 is 0 Å². The van der Waals surface area contributed by atoms with Gasteiger partial charge in [-0.1, -0.05) is 62.4 Å². The van der Waals surface area contributed by atoms with Crippen molar-refractivity contribution >= 4 is 36.8 Å². The first kappa shape index (κ1) is 33.9. The number of ether oxygens (including phenoxy) is 2. The van der Waals surface area contributed by atoms with Gasteiger partial charge in [-0.2, -0.15) is 0 Å². The Labute approximate surface area is 240 Å². The second kappa shape index (κ2) is 17.5. The zero-order valence-electron chi connectivity index (χ0n) is 23.2. The number of esters is 2. The third kappa shape index (κ3) is 9.57. The smallest absolute Gasteiger partial charge is 0.313 e. The van der Waals surface area contributed by atoms with E-state index in [1.54, 1.807) is 0 Å². The van der Waals surface area contributed by atoms with Crippen molar-refractivity contribution in [2.45, 2.75) is 52.4 Å². The molecule has 1 aliphatic rings. The van der Waals surface area contributed by atoms with Gasteiger partial charge in [-0.3, -0.25) is 19.4 Å². The van der Waals surface area contributed by atoms with E-state index in [4.69, 9.17) is 9.47 Å². The summed E-state index contributed by atoms with van der Waals surface area (Å²) in [6.45, 7) is 14.1. The molecule has 0 radical (unpaired) electrons. The summed E-state index contributed by atoms with van der Waals surface area (Å²) in [5.74, 6) is -0.681. The predicted molar refractivity (Wildman–Crippen MR) is 158 cm³/mol. The van der Waals surface area contributed by atoms with Gasteiger partial charge in [0.2, 0.25) is 0 Å². The molecule has 0 bridgehead atoms. The molecule has 2 aromatic rings. The van der Waals surface area contributed by atoms with Gasteiger partial charge in [0.1, 0.15) is 13.2 Å². The third-order valence-corrected chi connectivity index (χ3v) is 7.28. The van der Waals surface area contributed by atoms with E-state index in [1.807, 2.05) is 76.2 Å². The standard InChI is InChI=1S/C30H42N2O4.2ClH/c1-5-25(27-13-9-7-11-23(27)3)29(33)35-21-19-31-15-17-32(18-16-31)20-22-36-30(34)26(6-2)28-14-10-8-12-24(28)4;;/h7-14,25-26H,5-6,15-22H2,1-4H3;2*1H. The number of hydrogen-bond acceptors (Lipinski definition) is 6. The lowest BCUT2D eigenvalue weighted by Gasteiger charge is -2.34. The van der Waals surface area contributed by atoms with Crippen LogP contribution in [0.15, 0.2) is 48.5 Å². The number of halogens is 2. The van der Waals surface area contributed by atoms with Gasteiger partial charge < -0.3 is 9.47 Å². The molecule has 0 amide bonds. The molecule has 2 atom stereocenters. The van der Waals surface area contributed by atoms with Crippen molar-refractivity contribution in [3.05, 3.63) is 70.8 Å². The van der Waals surface area contributed by atoms with Gasteiger partial charge in [0.15, 0.2) is 0 Å². The molecule has 1 heterocycles. The fraction of sp³-hybridized carbons (Fsp3) is 0.533. The molecule has 0 spiro atoms. The average molecular weight is 568 g/mol. The maximum absolute atomic E-state index is 12.7. The van der Waals surface area contributed by atoms with Crippen LogP contribution in [-0.2, 0) is 19.1 Å². The Morgan fingerprint density at radius 1 is 0.684 bits per heavy atom. The monoisotopic (exact) mass is 566 g/mol. The van der Waals surface area contributed by atoms with Gasteiger partial charge in [0.05, 0.1) is 11.8 Å². The third-order valence-electron chi connectivity index (χ3n) is 7.28. The van der Waals surface area contributed by atoms with Crippen LogP contribution in [0.25, 0.3) is 0 Å². The molecule has 8 heteroatoms. The fourth-order valence-corrected chi connectivity index (χ4v) is 4.97. The average Bonchev–Trinajstić information content (AvgIpc) is 2.88. The molecule has 6 nitrogen and oxygen atoms in total. The maximum atomic E-state index is 12.7. The van der Waals surface area contributed by atoms with Gasteiger partial charge in [-0.15, -0.1) is 24.8 Å². The minimum Gasteiger partial charge on any atom is -0.464 e. The van der Waals surface area contributed by atoms with Crippen LogP contribution in [0.5, 0.6) is 0 Å². The van der Waals surface area contributed by atoms with Crippen LogP contribution in [0.3, 0.4) is 0 Å². The van der Waals surface area contributed by atoms with Gasteiger partial charge in [0, 0.05) is 39.3 Å². The Hall–Kier alpha value is -2.12. The summed E-state index contributed by atoms with van der Waals surface area (Å²) >= 11 is 0. The zero-order valence-corrected chi connectivity index (χ0v) is 24.8. The largest absolute Gasteiger partial charge is 0.464 e. The van der Waals surface area contributed by atoms with Crippen LogP contribution >= 0.6 is 24.8 Å². The van der Waals surface area contributed by atoms with Crippen molar-refractivity contribution in [2.75, 3.05) is 52.5 Å². The fourth-order valence-electron chi connectivity index (χ4n) is 4.97. The van der Waals surface area contributed by atoms with E-state index in [9.17, 15) is 9.59 Å². The first-order valence-electron chi connectivity index (χ1n) is 13.3. The summed E-state index contributed by atoms with van der Waals surface area (Å²) in [6, 6.07) is 16.1. The summed E-state index contributed by atoms with van der Waals surface area (Å²) < 4.78 is 11.3. The molecule has 0 aromatic heterocycles. The highest BCUT2D eigenvalue weighted by molar-refractivity contribution is 5.85. The predicted octanol–water partition coefficient (Wildman–Crippen LogP) is 5.54. The first-order chi connectivity index (χ1) is 17.4. The summed E-state index contributed by atoms with van der Waals surface area (Å²) in [7, 11) is 0. The topological polar surface area (TPSA) is 59.1 Å². The summed E-state index contributed by atoms with van der Waals surface area (Å²) in [5.41, 5.74) is 4.37. The van der Waals surface area contributed by atoms with Gasteiger partial charge >= 0.3 is 11.9 Å². The van der Waals surface area contributed by atoms with E-state index in [-0.39, 0.29) is 48.6 Å². The number of piperazine rings is 1. The van der Waals surface area contributed by atoms with Crippen molar-refractivity contribution in [3.63, 3.8) is 0 Å². The van der Waals surface area contributed by atoms with Crippen molar-refractivity contribution in [1.29, 1.82) is 0 Å². The lowest BCUT2D eigenvalue weighted by atomic mass is 9.93. The molecule has 0 saturated carbocycles.